The van der Waals surface area contributed by atoms with Crippen molar-refractivity contribution in [2.45, 2.75) is 19.3 Å². The topological polar surface area (TPSA) is 43.7 Å². The van der Waals surface area contributed by atoms with E-state index in [0.717, 1.165) is 18.9 Å². The number of anilines is 1. The van der Waals surface area contributed by atoms with Gasteiger partial charge in [0.05, 0.1) is 25.8 Å². The molecule has 1 aliphatic heterocycles. The third kappa shape index (κ3) is 2.32. The fraction of sp³-hybridized carbons (Fsp3) is 0.500. The zero-order valence-corrected chi connectivity index (χ0v) is 9.53. The first kappa shape index (κ1) is 10.9. The Morgan fingerprint density at radius 3 is 2.62 bits per heavy atom. The Hall–Kier alpha value is -1.58. The number of rotatable bonds is 2. The van der Waals surface area contributed by atoms with Gasteiger partial charge in [-0.2, -0.15) is 0 Å². The number of hydrogen-bond donors (Lipinski definition) is 0. The van der Waals surface area contributed by atoms with Gasteiger partial charge in [0.25, 0.3) is 5.82 Å². The van der Waals surface area contributed by atoms with Crippen LogP contribution in [0.25, 0.3) is 0 Å². The number of esters is 1. The molecule has 1 aromatic rings. The summed E-state index contributed by atoms with van der Waals surface area (Å²) in [7, 11) is 1.39. The smallest absolute Gasteiger partial charge is 0.341 e. The maximum Gasteiger partial charge on any atom is 0.341 e. The summed E-state index contributed by atoms with van der Waals surface area (Å²) in [5.74, 6) is 0.772. The zero-order valence-electron chi connectivity index (χ0n) is 9.53. The van der Waals surface area contributed by atoms with E-state index < -0.39 is 0 Å². The highest BCUT2D eigenvalue weighted by atomic mass is 16.5. The lowest BCUT2D eigenvalue weighted by Gasteiger charge is -2.20. The largest absolute Gasteiger partial charge is 0.465 e. The molecule has 1 aliphatic rings. The van der Waals surface area contributed by atoms with Crippen molar-refractivity contribution in [2.75, 3.05) is 25.1 Å². The maximum atomic E-state index is 11.2. The van der Waals surface area contributed by atoms with E-state index in [1.165, 1.54) is 26.4 Å². The summed E-state index contributed by atoms with van der Waals surface area (Å²) in [5, 5.41) is 0. The SMILES string of the molecule is COC(=O)c1ccc(N2CCCCC2)[nH+]c1. The molecular formula is C12H17N2O2+. The van der Waals surface area contributed by atoms with E-state index >= 15 is 0 Å². The summed E-state index contributed by atoms with van der Waals surface area (Å²) in [4.78, 5) is 16.7. The third-order valence-electron chi connectivity index (χ3n) is 2.91. The highest BCUT2D eigenvalue weighted by molar-refractivity contribution is 5.88. The number of carbonyl (C=O) groups is 1. The predicted molar refractivity (Wildman–Crippen MR) is 60.4 cm³/mol. The molecule has 0 aromatic carbocycles. The summed E-state index contributed by atoms with van der Waals surface area (Å²) in [5.41, 5.74) is 0.559. The Balaban J connectivity index is 2.09. The lowest BCUT2D eigenvalue weighted by atomic mass is 10.1. The monoisotopic (exact) mass is 221 g/mol. The molecule has 1 N–H and O–H groups in total. The Bertz CT molecular complexity index is 356. The number of aromatic nitrogens is 1. The van der Waals surface area contributed by atoms with E-state index in [1.54, 1.807) is 12.3 Å². The Kier molecular flexibility index (Phi) is 3.39. The molecule has 0 amide bonds. The molecule has 1 saturated heterocycles. The van der Waals surface area contributed by atoms with E-state index in [-0.39, 0.29) is 5.97 Å². The molecule has 0 spiro atoms. The normalized spacial score (nSPS) is 15.9. The molecule has 86 valence electrons. The second kappa shape index (κ2) is 4.96. The first-order valence-corrected chi connectivity index (χ1v) is 5.66. The Morgan fingerprint density at radius 2 is 2.06 bits per heavy atom. The number of nitrogens with zero attached hydrogens (tertiary/aromatic N) is 1. The van der Waals surface area contributed by atoms with Gasteiger partial charge >= 0.3 is 5.97 Å². The molecule has 0 atom stereocenters. The van der Waals surface area contributed by atoms with Gasteiger partial charge in [-0.15, -0.1) is 0 Å². The van der Waals surface area contributed by atoms with Crippen molar-refractivity contribution in [2.24, 2.45) is 0 Å². The summed E-state index contributed by atoms with van der Waals surface area (Å²) < 4.78 is 4.65. The highest BCUT2D eigenvalue weighted by Gasteiger charge is 2.19. The third-order valence-corrected chi connectivity index (χ3v) is 2.91. The van der Waals surface area contributed by atoms with Gasteiger partial charge in [-0.1, -0.05) is 0 Å². The first-order chi connectivity index (χ1) is 7.81. The van der Waals surface area contributed by atoms with Crippen LogP contribution in [0.3, 0.4) is 0 Å². The quantitative estimate of drug-likeness (QED) is 0.706. The average Bonchev–Trinajstić information content (AvgIpc) is 2.39. The van der Waals surface area contributed by atoms with Crippen LogP contribution in [0, 0.1) is 0 Å². The summed E-state index contributed by atoms with van der Waals surface area (Å²) in [6.07, 6.45) is 5.51. The number of H-pyrrole nitrogens is 1. The summed E-state index contributed by atoms with van der Waals surface area (Å²) in [6, 6.07) is 3.74. The van der Waals surface area contributed by atoms with Gasteiger partial charge in [-0.3, -0.25) is 4.90 Å². The molecule has 1 aromatic heterocycles. The Labute approximate surface area is 95.2 Å². The first-order valence-electron chi connectivity index (χ1n) is 5.66. The van der Waals surface area contributed by atoms with E-state index in [1.807, 2.05) is 6.07 Å². The number of methoxy groups -OCH3 is 1. The lowest BCUT2D eigenvalue weighted by Crippen LogP contribution is -2.34. The molecule has 1 fully saturated rings. The summed E-state index contributed by atoms with van der Waals surface area (Å²) in [6.45, 7) is 2.18. The molecule has 4 nitrogen and oxygen atoms in total. The number of carbonyl (C=O) groups excluding carboxylic acids is 1. The van der Waals surface area contributed by atoms with Crippen LogP contribution in [-0.2, 0) is 4.74 Å². The number of hydrogen-bond acceptors (Lipinski definition) is 3. The van der Waals surface area contributed by atoms with Crippen LogP contribution < -0.4 is 9.88 Å². The van der Waals surface area contributed by atoms with Crippen molar-refractivity contribution in [3.8, 4) is 0 Å². The van der Waals surface area contributed by atoms with Gasteiger partial charge in [0.2, 0.25) is 0 Å². The van der Waals surface area contributed by atoms with Crippen LogP contribution in [0.1, 0.15) is 29.6 Å². The van der Waals surface area contributed by atoms with Crippen LogP contribution >= 0.6 is 0 Å². The average molecular weight is 221 g/mol. The molecule has 2 heterocycles. The standard InChI is InChI=1S/C12H16N2O2/c1-16-12(15)10-5-6-11(13-9-10)14-7-3-2-4-8-14/h5-6,9H,2-4,7-8H2,1H3/p+1. The van der Waals surface area contributed by atoms with E-state index in [0.29, 0.717) is 5.56 Å². The number of aromatic amines is 1. The van der Waals surface area contributed by atoms with E-state index in [2.05, 4.69) is 14.6 Å². The van der Waals surface area contributed by atoms with Crippen LogP contribution in [0.2, 0.25) is 0 Å². The molecule has 0 saturated carbocycles. The molecule has 0 unspecified atom stereocenters. The minimum atomic E-state index is -0.304. The highest BCUT2D eigenvalue weighted by Crippen LogP contribution is 2.15. The molecular weight excluding hydrogens is 204 g/mol. The van der Waals surface area contributed by atoms with Crippen molar-refractivity contribution >= 4 is 11.8 Å². The zero-order chi connectivity index (χ0) is 11.4. The van der Waals surface area contributed by atoms with Crippen LogP contribution in [-0.4, -0.2) is 26.2 Å². The summed E-state index contributed by atoms with van der Waals surface area (Å²) >= 11 is 0. The lowest BCUT2D eigenvalue weighted by molar-refractivity contribution is -0.364. The predicted octanol–water partition coefficient (Wildman–Crippen LogP) is 1.28. The molecule has 0 aliphatic carbocycles. The number of ether oxygens (including phenoxy) is 1. The fourth-order valence-corrected chi connectivity index (χ4v) is 1.99. The van der Waals surface area contributed by atoms with Crippen molar-refractivity contribution in [3.63, 3.8) is 0 Å². The van der Waals surface area contributed by atoms with Gasteiger partial charge in [-0.25, -0.2) is 9.78 Å². The number of pyridine rings is 1. The van der Waals surface area contributed by atoms with Crippen LogP contribution in [0.5, 0.6) is 0 Å². The van der Waals surface area contributed by atoms with Gasteiger partial charge in [0, 0.05) is 6.07 Å². The second-order valence-electron chi connectivity index (χ2n) is 4.00. The molecule has 0 bridgehead atoms. The van der Waals surface area contributed by atoms with Crippen molar-refractivity contribution < 1.29 is 14.5 Å². The van der Waals surface area contributed by atoms with Gasteiger partial charge in [-0.05, 0) is 25.3 Å². The maximum absolute atomic E-state index is 11.2. The molecule has 0 radical (unpaired) electrons. The fourth-order valence-electron chi connectivity index (χ4n) is 1.99. The minimum Gasteiger partial charge on any atom is -0.465 e. The van der Waals surface area contributed by atoms with Crippen LogP contribution in [0.15, 0.2) is 18.3 Å². The minimum absolute atomic E-state index is 0.304. The van der Waals surface area contributed by atoms with Crippen molar-refractivity contribution in [1.29, 1.82) is 0 Å². The van der Waals surface area contributed by atoms with Gasteiger partial charge in [0.1, 0.15) is 6.20 Å². The van der Waals surface area contributed by atoms with E-state index in [4.69, 9.17) is 0 Å². The van der Waals surface area contributed by atoms with Crippen LogP contribution in [0.4, 0.5) is 5.82 Å². The number of piperidine rings is 1. The van der Waals surface area contributed by atoms with E-state index in [9.17, 15) is 4.79 Å². The van der Waals surface area contributed by atoms with Crippen molar-refractivity contribution in [1.82, 2.24) is 0 Å². The molecule has 16 heavy (non-hydrogen) atoms. The van der Waals surface area contributed by atoms with Gasteiger partial charge in [0.15, 0.2) is 0 Å². The van der Waals surface area contributed by atoms with Crippen molar-refractivity contribution in [3.05, 3.63) is 23.9 Å². The Morgan fingerprint density at radius 1 is 1.31 bits per heavy atom. The second-order valence-corrected chi connectivity index (χ2v) is 4.00. The number of nitrogens with one attached hydrogen (secondary N) is 1. The molecule has 2 rings (SSSR count). The molecule has 4 heteroatoms. The van der Waals surface area contributed by atoms with Gasteiger partial charge < -0.3 is 4.74 Å².